The molecular formula is C25H25N3O3. The zero-order chi connectivity index (χ0) is 21.4. The summed E-state index contributed by atoms with van der Waals surface area (Å²) in [5.41, 5.74) is 2.45. The van der Waals surface area contributed by atoms with Gasteiger partial charge in [0.15, 0.2) is 0 Å². The SMILES string of the molecule is COc1ccc2c(c1)N(CN1CCN(Cc3cccc4ccccc34)CC1)C(=O)C2=O. The standard InChI is InChI=1S/C25H25N3O3/c1-31-20-9-10-22-23(15-20)28(25(30)24(22)29)17-27-13-11-26(12-14-27)16-19-7-4-6-18-5-2-3-8-21(18)19/h2-10,15H,11-14,16-17H2,1H3. The van der Waals surface area contributed by atoms with Gasteiger partial charge in [0.05, 0.1) is 25.0 Å². The highest BCUT2D eigenvalue weighted by Gasteiger charge is 2.37. The Morgan fingerprint density at radius 3 is 2.42 bits per heavy atom. The van der Waals surface area contributed by atoms with Crippen LogP contribution in [0.2, 0.25) is 0 Å². The largest absolute Gasteiger partial charge is 0.497 e. The van der Waals surface area contributed by atoms with E-state index in [4.69, 9.17) is 4.74 Å². The van der Waals surface area contributed by atoms with Crippen molar-refractivity contribution in [2.45, 2.75) is 6.54 Å². The molecule has 3 aromatic carbocycles. The van der Waals surface area contributed by atoms with Crippen LogP contribution in [0.15, 0.2) is 60.7 Å². The number of ketones is 1. The Morgan fingerprint density at radius 1 is 0.871 bits per heavy atom. The number of methoxy groups -OCH3 is 1. The minimum atomic E-state index is -0.457. The molecule has 6 heteroatoms. The van der Waals surface area contributed by atoms with Crippen molar-refractivity contribution in [2.75, 3.05) is 44.9 Å². The van der Waals surface area contributed by atoms with Gasteiger partial charge in [-0.2, -0.15) is 0 Å². The fourth-order valence-electron chi connectivity index (χ4n) is 4.50. The Morgan fingerprint density at radius 2 is 1.61 bits per heavy atom. The molecule has 158 valence electrons. The number of anilines is 1. The Labute approximate surface area is 181 Å². The highest BCUT2D eigenvalue weighted by Crippen LogP contribution is 2.32. The third kappa shape index (κ3) is 3.69. The predicted molar refractivity (Wildman–Crippen MR) is 120 cm³/mol. The number of carbonyl (C=O) groups excluding carboxylic acids is 2. The van der Waals surface area contributed by atoms with Crippen molar-refractivity contribution in [2.24, 2.45) is 0 Å². The van der Waals surface area contributed by atoms with Gasteiger partial charge in [0.2, 0.25) is 0 Å². The second-order valence-electron chi connectivity index (χ2n) is 8.12. The number of rotatable bonds is 5. The number of piperazine rings is 1. The maximum absolute atomic E-state index is 12.6. The van der Waals surface area contributed by atoms with E-state index in [0.717, 1.165) is 32.7 Å². The van der Waals surface area contributed by atoms with Crippen molar-refractivity contribution in [1.29, 1.82) is 0 Å². The quantitative estimate of drug-likeness (QED) is 0.600. The Balaban J connectivity index is 1.25. The topological polar surface area (TPSA) is 53.1 Å². The van der Waals surface area contributed by atoms with Crippen LogP contribution in [0.4, 0.5) is 5.69 Å². The van der Waals surface area contributed by atoms with Gasteiger partial charge in [0.1, 0.15) is 5.75 Å². The fourth-order valence-corrected chi connectivity index (χ4v) is 4.50. The lowest BCUT2D eigenvalue weighted by atomic mass is 10.0. The molecule has 0 bridgehead atoms. The number of hydrogen-bond acceptors (Lipinski definition) is 5. The van der Waals surface area contributed by atoms with Gasteiger partial charge in [0, 0.05) is 38.8 Å². The van der Waals surface area contributed by atoms with Crippen molar-refractivity contribution >= 4 is 28.2 Å². The smallest absolute Gasteiger partial charge is 0.300 e. The molecule has 31 heavy (non-hydrogen) atoms. The van der Waals surface area contributed by atoms with E-state index in [2.05, 4.69) is 52.3 Å². The van der Waals surface area contributed by atoms with Crippen LogP contribution < -0.4 is 9.64 Å². The number of carbonyl (C=O) groups is 2. The van der Waals surface area contributed by atoms with E-state index in [1.807, 2.05) is 0 Å². The molecule has 5 rings (SSSR count). The van der Waals surface area contributed by atoms with Crippen LogP contribution in [0.1, 0.15) is 15.9 Å². The number of Topliss-reactive ketones (excluding diaryl/α,β-unsaturated/α-hetero) is 1. The Kier molecular flexibility index (Phi) is 5.18. The number of fused-ring (bicyclic) bond motifs is 2. The Bertz CT molecular complexity index is 1150. The zero-order valence-corrected chi connectivity index (χ0v) is 17.6. The second-order valence-corrected chi connectivity index (χ2v) is 8.12. The highest BCUT2D eigenvalue weighted by molar-refractivity contribution is 6.52. The molecule has 0 N–H and O–H groups in total. The minimum absolute atomic E-state index is 0.423. The first-order chi connectivity index (χ1) is 15.1. The van der Waals surface area contributed by atoms with Gasteiger partial charge >= 0.3 is 5.91 Å². The molecule has 0 aliphatic carbocycles. The van der Waals surface area contributed by atoms with Crippen LogP contribution in [0.25, 0.3) is 10.8 Å². The molecule has 2 aliphatic rings. The van der Waals surface area contributed by atoms with E-state index in [-0.39, 0.29) is 0 Å². The summed E-state index contributed by atoms with van der Waals surface area (Å²) in [7, 11) is 1.58. The van der Waals surface area contributed by atoms with E-state index in [0.29, 0.717) is 23.7 Å². The van der Waals surface area contributed by atoms with E-state index >= 15 is 0 Å². The summed E-state index contributed by atoms with van der Waals surface area (Å²) >= 11 is 0. The van der Waals surface area contributed by atoms with E-state index in [9.17, 15) is 9.59 Å². The first-order valence-electron chi connectivity index (χ1n) is 10.6. The fraction of sp³-hybridized carbons (Fsp3) is 0.280. The molecule has 1 amide bonds. The minimum Gasteiger partial charge on any atom is -0.497 e. The molecule has 2 aliphatic heterocycles. The highest BCUT2D eigenvalue weighted by atomic mass is 16.5. The number of nitrogens with zero attached hydrogens (tertiary/aromatic N) is 3. The molecule has 6 nitrogen and oxygen atoms in total. The number of benzene rings is 3. The van der Waals surface area contributed by atoms with Crippen LogP contribution in [0, 0.1) is 0 Å². The molecule has 1 saturated heterocycles. The normalized spacial score (nSPS) is 17.4. The van der Waals surface area contributed by atoms with Crippen molar-refractivity contribution in [1.82, 2.24) is 9.80 Å². The van der Waals surface area contributed by atoms with Crippen LogP contribution in [0.5, 0.6) is 5.75 Å². The first kappa shape index (κ1) is 19.7. The third-order valence-corrected chi connectivity index (χ3v) is 6.26. The number of hydrogen-bond donors (Lipinski definition) is 0. The average Bonchev–Trinajstić information content (AvgIpc) is 3.04. The number of amides is 1. The van der Waals surface area contributed by atoms with Crippen molar-refractivity contribution in [3.63, 3.8) is 0 Å². The molecule has 0 aromatic heterocycles. The van der Waals surface area contributed by atoms with Crippen molar-refractivity contribution in [3.8, 4) is 5.75 Å². The van der Waals surface area contributed by atoms with Crippen LogP contribution >= 0.6 is 0 Å². The maximum Gasteiger partial charge on any atom is 0.300 e. The summed E-state index contributed by atoms with van der Waals surface area (Å²) in [6.45, 7) is 4.88. The molecular weight excluding hydrogens is 390 g/mol. The van der Waals surface area contributed by atoms with Gasteiger partial charge in [-0.05, 0) is 28.5 Å². The lowest BCUT2D eigenvalue weighted by Gasteiger charge is -2.36. The molecule has 1 fully saturated rings. The zero-order valence-electron chi connectivity index (χ0n) is 17.6. The third-order valence-electron chi connectivity index (χ3n) is 6.26. The van der Waals surface area contributed by atoms with Crippen molar-refractivity contribution < 1.29 is 14.3 Å². The number of ether oxygens (including phenoxy) is 1. The van der Waals surface area contributed by atoms with Gasteiger partial charge in [-0.15, -0.1) is 0 Å². The van der Waals surface area contributed by atoms with Gasteiger partial charge in [0.25, 0.3) is 5.78 Å². The summed E-state index contributed by atoms with van der Waals surface area (Å²) in [5.74, 6) is -0.250. The molecule has 0 saturated carbocycles. The van der Waals surface area contributed by atoms with E-state index in [1.165, 1.54) is 16.3 Å². The summed E-state index contributed by atoms with van der Waals surface area (Å²) in [4.78, 5) is 31.2. The van der Waals surface area contributed by atoms with Gasteiger partial charge < -0.3 is 4.74 Å². The monoisotopic (exact) mass is 415 g/mol. The summed E-state index contributed by atoms with van der Waals surface area (Å²) in [5, 5.41) is 2.57. The lowest BCUT2D eigenvalue weighted by molar-refractivity contribution is -0.114. The van der Waals surface area contributed by atoms with Gasteiger partial charge in [-0.25, -0.2) is 0 Å². The maximum atomic E-state index is 12.6. The van der Waals surface area contributed by atoms with Gasteiger partial charge in [-0.3, -0.25) is 24.3 Å². The first-order valence-corrected chi connectivity index (χ1v) is 10.6. The summed E-state index contributed by atoms with van der Waals surface area (Å²) in [6, 6.07) is 20.1. The van der Waals surface area contributed by atoms with Gasteiger partial charge in [-0.1, -0.05) is 42.5 Å². The summed E-state index contributed by atoms with van der Waals surface area (Å²) < 4.78 is 5.28. The molecule has 0 atom stereocenters. The molecule has 2 heterocycles. The van der Waals surface area contributed by atoms with E-state index in [1.54, 1.807) is 30.2 Å². The van der Waals surface area contributed by atoms with E-state index < -0.39 is 11.7 Å². The molecule has 0 spiro atoms. The van der Waals surface area contributed by atoms with Crippen LogP contribution in [-0.2, 0) is 11.3 Å². The van der Waals surface area contributed by atoms with Crippen LogP contribution in [-0.4, -0.2) is 61.4 Å². The molecule has 0 radical (unpaired) electrons. The van der Waals surface area contributed by atoms with Crippen LogP contribution in [0.3, 0.4) is 0 Å². The predicted octanol–water partition coefficient (Wildman–Crippen LogP) is 3.15. The summed E-state index contributed by atoms with van der Waals surface area (Å²) in [6.07, 6.45) is 0. The molecule has 0 unspecified atom stereocenters. The molecule has 3 aromatic rings. The Hall–Kier alpha value is -3.22. The van der Waals surface area contributed by atoms with Crippen molar-refractivity contribution in [3.05, 3.63) is 71.8 Å². The average molecular weight is 415 g/mol. The lowest BCUT2D eigenvalue weighted by Crippen LogP contribution is -2.50. The second kappa shape index (κ2) is 8.13.